The summed E-state index contributed by atoms with van der Waals surface area (Å²) in [7, 11) is 0. The van der Waals surface area contributed by atoms with Crippen molar-refractivity contribution in [2.24, 2.45) is 5.73 Å². The molecule has 0 atom stereocenters. The standard InChI is InChI=1S/C22H18N7.C12H9N3.C10H12N5.2Pt/c1-16-10-17(27-26-16)11-18-12-23-13-19(25-18)14-28-15-29(20-6-3-2-4-7-20)22-21(28)8-5-9-24-22;1-2-5-10(6-3-1)15-9-14-11-7-4-8-13-12(11)15;1-7-2-8(15-14-7)3-9-5-12-6-10(4-11)13-9;;/h2-6,8-10,12-13,15H,11,14H2,1H3;1-5,7-9,14H;2,5-6H,3-4,11H2,1H3;;/q-3;-2;-1;;. The molecule has 3 N–H and O–H groups in total. The van der Waals surface area contributed by atoms with E-state index in [0.29, 0.717) is 25.9 Å². The Balaban J connectivity index is 0.000000165. The van der Waals surface area contributed by atoms with E-state index in [2.05, 4.69) is 73.7 Å². The van der Waals surface area contributed by atoms with Gasteiger partial charge in [0, 0.05) is 122 Å². The number of hydrogen-bond donors (Lipinski definition) is 2. The van der Waals surface area contributed by atoms with Gasteiger partial charge >= 0.3 is 0 Å². The van der Waals surface area contributed by atoms with Crippen molar-refractivity contribution < 1.29 is 42.1 Å². The second-order valence-corrected chi connectivity index (χ2v) is 13.5. The summed E-state index contributed by atoms with van der Waals surface area (Å²) in [6, 6.07) is 34.0. The van der Waals surface area contributed by atoms with Crippen LogP contribution in [-0.4, -0.2) is 40.1 Å². The van der Waals surface area contributed by atoms with Crippen molar-refractivity contribution in [1.82, 2.24) is 50.3 Å². The van der Waals surface area contributed by atoms with Crippen molar-refractivity contribution in [1.29, 1.82) is 0 Å². The summed E-state index contributed by atoms with van der Waals surface area (Å²) in [6.45, 7) is 8.77. The molecule has 6 aromatic heterocycles. The van der Waals surface area contributed by atoms with Gasteiger partial charge in [-0.25, -0.2) is 9.97 Å². The topological polar surface area (TPSA) is 179 Å². The summed E-state index contributed by atoms with van der Waals surface area (Å²) in [5, 5.41) is 19.3. The normalized spacial score (nSPS) is 12.1. The molecule has 0 amide bonds. The van der Waals surface area contributed by atoms with Gasteiger partial charge in [-0.1, -0.05) is 26.0 Å². The number of fused-ring (bicyclic) bond motifs is 2. The van der Waals surface area contributed by atoms with Gasteiger partial charge in [-0.05, 0) is 24.3 Å². The zero-order valence-electron chi connectivity index (χ0n) is 33.1. The van der Waals surface area contributed by atoms with Gasteiger partial charge in [0.05, 0.1) is 29.0 Å². The molecule has 61 heavy (non-hydrogen) atoms. The Morgan fingerprint density at radius 2 is 1.23 bits per heavy atom. The quantitative estimate of drug-likeness (QED) is 0.162. The van der Waals surface area contributed by atoms with Gasteiger partial charge in [-0.3, -0.25) is 19.9 Å². The SMILES string of the molecule is Cc1cc(Cc2cncc(CN)n2)n[n-]1.Cc1cc(Cc2cncc(CN3[CH-]N(c4[c-]cccc4)c4ncccc43)n2)n[n-]1.[Pt].[Pt].[c-]1ccccc1N1[CH-]Nc2cccnc21. The van der Waals surface area contributed by atoms with E-state index in [9.17, 15) is 0 Å². The second-order valence-electron chi connectivity index (χ2n) is 13.5. The van der Waals surface area contributed by atoms with E-state index in [-0.39, 0.29) is 42.1 Å². The average Bonchev–Trinajstić information content (AvgIpc) is 4.09. The number of para-hydroxylation sites is 2. The first-order chi connectivity index (χ1) is 29.0. The van der Waals surface area contributed by atoms with Crippen molar-refractivity contribution >= 4 is 34.4 Å². The number of nitrogens with zero attached hydrogens (tertiary/aromatic N) is 13. The molecule has 0 radical (unpaired) electrons. The molecule has 10 rings (SSSR count). The molecular formula is C44H39N15Pt2-6. The molecule has 0 saturated heterocycles. The van der Waals surface area contributed by atoms with Crippen LogP contribution in [0, 0.1) is 39.3 Å². The summed E-state index contributed by atoms with van der Waals surface area (Å²) < 4.78 is 0. The van der Waals surface area contributed by atoms with Crippen molar-refractivity contribution in [3.8, 4) is 0 Å². The van der Waals surface area contributed by atoms with E-state index in [1.165, 1.54) is 0 Å². The molecule has 2 aliphatic rings. The minimum Gasteiger partial charge on any atom is -0.579 e. The Morgan fingerprint density at radius 1 is 0.656 bits per heavy atom. The number of pyridine rings is 2. The van der Waals surface area contributed by atoms with Gasteiger partial charge in [-0.2, -0.15) is 67.3 Å². The van der Waals surface area contributed by atoms with Gasteiger partial charge in [-0.15, -0.1) is 29.4 Å². The van der Waals surface area contributed by atoms with E-state index in [0.717, 1.165) is 79.9 Å². The van der Waals surface area contributed by atoms with Gasteiger partial charge in [0.15, 0.2) is 0 Å². The first kappa shape index (κ1) is 44.4. The third-order valence-electron chi connectivity index (χ3n) is 8.98. The van der Waals surface area contributed by atoms with Crippen LogP contribution >= 0.6 is 0 Å². The Labute approximate surface area is 383 Å². The Hall–Kier alpha value is -6.14. The first-order valence-corrected chi connectivity index (χ1v) is 18.8. The fourth-order valence-corrected chi connectivity index (χ4v) is 6.36. The second kappa shape index (κ2) is 21.4. The predicted octanol–water partition coefficient (Wildman–Crippen LogP) is 5.95. The maximum Gasteiger partial charge on any atom is 0.124 e. The number of aryl methyl sites for hydroxylation is 2. The molecule has 8 heterocycles. The smallest absolute Gasteiger partial charge is 0.124 e. The number of hydrogen-bond acceptors (Lipinski definition) is 13. The number of anilines is 6. The number of rotatable bonds is 9. The minimum absolute atomic E-state index is 0. The predicted molar refractivity (Wildman–Crippen MR) is 224 cm³/mol. The minimum atomic E-state index is 0. The molecule has 2 aliphatic heterocycles. The molecule has 0 unspecified atom stereocenters. The van der Waals surface area contributed by atoms with E-state index in [4.69, 9.17) is 10.7 Å². The van der Waals surface area contributed by atoms with Crippen LogP contribution < -0.4 is 35.9 Å². The van der Waals surface area contributed by atoms with E-state index < -0.39 is 0 Å². The third-order valence-corrected chi connectivity index (χ3v) is 8.98. The van der Waals surface area contributed by atoms with Gasteiger partial charge in [0.25, 0.3) is 0 Å². The van der Waals surface area contributed by atoms with E-state index >= 15 is 0 Å². The molecule has 0 fully saturated rings. The summed E-state index contributed by atoms with van der Waals surface area (Å²) in [5.74, 6) is 1.79. The van der Waals surface area contributed by atoms with Crippen molar-refractivity contribution in [3.63, 3.8) is 0 Å². The van der Waals surface area contributed by atoms with Crippen molar-refractivity contribution in [2.75, 3.05) is 20.0 Å². The third kappa shape index (κ3) is 11.4. The number of benzene rings is 2. The van der Waals surface area contributed by atoms with Crippen molar-refractivity contribution in [3.05, 3.63) is 193 Å². The van der Waals surface area contributed by atoms with Crippen LogP contribution in [0.4, 0.5) is 34.4 Å². The number of aromatic nitrogens is 10. The molecule has 316 valence electrons. The molecule has 2 aromatic carbocycles. The molecule has 0 spiro atoms. The fourth-order valence-electron chi connectivity index (χ4n) is 6.36. The molecule has 17 heteroatoms. The van der Waals surface area contributed by atoms with Crippen LogP contribution in [-0.2, 0) is 68.1 Å². The maximum absolute atomic E-state index is 5.49. The van der Waals surface area contributed by atoms with Crippen LogP contribution in [0.1, 0.15) is 45.6 Å². The van der Waals surface area contributed by atoms with Crippen LogP contribution in [0.2, 0.25) is 0 Å². The molecule has 15 nitrogen and oxygen atoms in total. The Morgan fingerprint density at radius 3 is 1.82 bits per heavy atom. The monoisotopic (exact) mass is 1170 g/mol. The van der Waals surface area contributed by atoms with Crippen LogP contribution in [0.15, 0.2) is 122 Å². The summed E-state index contributed by atoms with van der Waals surface area (Å²) in [6.07, 6.45) is 11.8. The molecule has 0 bridgehead atoms. The molecular weight excluding hydrogens is 1130 g/mol. The van der Waals surface area contributed by atoms with Gasteiger partial charge < -0.3 is 46.1 Å². The van der Waals surface area contributed by atoms with Crippen molar-refractivity contribution in [2.45, 2.75) is 39.8 Å². The Bertz CT molecular complexity index is 2590. The average molecular weight is 1170 g/mol. The zero-order valence-corrected chi connectivity index (χ0v) is 37.6. The molecule has 0 aliphatic carbocycles. The molecule has 0 saturated carbocycles. The summed E-state index contributed by atoms with van der Waals surface area (Å²) in [4.78, 5) is 32.6. The Kier molecular flexibility index (Phi) is 15.6. The number of nitrogens with two attached hydrogens (primary N) is 1. The summed E-state index contributed by atoms with van der Waals surface area (Å²) in [5.41, 5.74) is 16.5. The molecule has 8 aromatic rings. The van der Waals surface area contributed by atoms with E-state index in [1.54, 1.807) is 37.2 Å². The summed E-state index contributed by atoms with van der Waals surface area (Å²) >= 11 is 0. The fraction of sp³-hybridized carbons (Fsp3) is 0.136. The van der Waals surface area contributed by atoms with Crippen LogP contribution in [0.5, 0.6) is 0 Å². The van der Waals surface area contributed by atoms with Gasteiger partial charge in [0.2, 0.25) is 0 Å². The van der Waals surface area contributed by atoms with Crippen LogP contribution in [0.3, 0.4) is 0 Å². The zero-order chi connectivity index (χ0) is 40.4. The van der Waals surface area contributed by atoms with Crippen LogP contribution in [0.25, 0.3) is 0 Å². The van der Waals surface area contributed by atoms with Gasteiger partial charge in [0.1, 0.15) is 11.6 Å². The first-order valence-electron chi connectivity index (χ1n) is 18.8. The largest absolute Gasteiger partial charge is 0.579 e. The maximum atomic E-state index is 5.49. The number of nitrogens with one attached hydrogen (secondary N) is 1. The van der Waals surface area contributed by atoms with E-state index in [1.807, 2.05) is 116 Å².